The number of benzene rings is 4. The van der Waals surface area contributed by atoms with Gasteiger partial charge < -0.3 is 29.9 Å². The third-order valence-corrected chi connectivity index (χ3v) is 15.2. The van der Waals surface area contributed by atoms with E-state index in [1.165, 1.54) is 67.2 Å². The highest BCUT2D eigenvalue weighted by Gasteiger charge is 2.45. The first-order valence-electron chi connectivity index (χ1n) is 26.5. The van der Waals surface area contributed by atoms with Crippen molar-refractivity contribution in [2.24, 2.45) is 11.8 Å². The molecule has 4 atom stereocenters. The zero-order valence-corrected chi connectivity index (χ0v) is 44.3. The highest BCUT2D eigenvalue weighted by atomic mass is 16.5. The Morgan fingerprint density at radius 2 is 1.09 bits per heavy atom. The molecule has 4 N–H and O–H groups in total. The Bertz CT molecular complexity index is 2460. The molecule has 2 aliphatic heterocycles. The highest BCUT2D eigenvalue weighted by Crippen LogP contribution is 2.54. The Balaban J connectivity index is 0.000000170. The second-order valence-electron chi connectivity index (χ2n) is 22.0. The molecule has 0 saturated heterocycles. The van der Waals surface area contributed by atoms with Gasteiger partial charge in [0.05, 0.1) is 5.56 Å². The van der Waals surface area contributed by atoms with Crippen LogP contribution in [0.5, 0.6) is 34.5 Å². The number of unbranched alkanes of at least 4 members (excludes halogenated alkanes) is 6. The van der Waals surface area contributed by atoms with E-state index in [-0.39, 0.29) is 40.5 Å². The molecule has 0 radical (unpaired) electrons. The number of allylic oxidation sites excluding steroid dienone is 5. The molecule has 0 spiro atoms. The Morgan fingerprint density at radius 3 is 1.64 bits per heavy atom. The number of ether oxygens (including phenoxy) is 2. The summed E-state index contributed by atoms with van der Waals surface area (Å²) in [6.45, 7) is 27.7. The van der Waals surface area contributed by atoms with Crippen molar-refractivity contribution in [3.63, 3.8) is 0 Å². The summed E-state index contributed by atoms with van der Waals surface area (Å²) in [4.78, 5) is 0. The molecule has 2 heterocycles. The van der Waals surface area contributed by atoms with Crippen molar-refractivity contribution in [3.05, 3.63) is 129 Å². The Kier molecular flexibility index (Phi) is 17.9. The maximum Gasteiger partial charge on any atom is 0.132 e. The molecule has 4 aliphatic rings. The van der Waals surface area contributed by atoms with Gasteiger partial charge in [0.25, 0.3) is 0 Å². The van der Waals surface area contributed by atoms with Gasteiger partial charge in [-0.25, -0.2) is 0 Å². The van der Waals surface area contributed by atoms with Crippen LogP contribution >= 0.6 is 0 Å². The average molecular weight is 939 g/mol. The first kappa shape index (κ1) is 53.3. The van der Waals surface area contributed by atoms with Crippen LogP contribution in [-0.4, -0.2) is 26.0 Å². The first-order chi connectivity index (χ1) is 32.8. The lowest BCUT2D eigenvalue weighted by Gasteiger charge is -2.46. The molecule has 6 heteroatoms. The molecule has 0 fully saturated rings. The summed E-state index contributed by atoms with van der Waals surface area (Å²) in [5.41, 5.74) is 12.6. The quantitative estimate of drug-likeness (QED) is 0.0742. The van der Waals surface area contributed by atoms with Gasteiger partial charge in [0.15, 0.2) is 0 Å². The van der Waals surface area contributed by atoms with Crippen molar-refractivity contribution in [3.8, 4) is 45.6 Å². The number of fused-ring (bicyclic) bond motifs is 6. The number of hydrogen-bond donors (Lipinski definition) is 4. The summed E-state index contributed by atoms with van der Waals surface area (Å²) in [6.07, 6.45) is 22.4. The fraction of sp³-hybridized carbons (Fsp3) is 0.524. The van der Waals surface area contributed by atoms with Crippen LogP contribution in [0.1, 0.15) is 203 Å². The largest absolute Gasteiger partial charge is 0.507 e. The molecular weight excluding hydrogens is 853 g/mol. The molecule has 6 nitrogen and oxygen atoms in total. The molecule has 374 valence electrons. The average Bonchev–Trinajstić information content (AvgIpc) is 3.26. The van der Waals surface area contributed by atoms with E-state index in [2.05, 4.69) is 118 Å². The molecule has 8 rings (SSSR count). The van der Waals surface area contributed by atoms with Crippen LogP contribution in [0.4, 0.5) is 0 Å². The fourth-order valence-corrected chi connectivity index (χ4v) is 11.4. The maximum atomic E-state index is 10.7. The number of aromatic hydroxyl groups is 4. The van der Waals surface area contributed by atoms with Crippen LogP contribution < -0.4 is 9.47 Å². The number of rotatable bonds is 14. The third kappa shape index (κ3) is 12.8. The van der Waals surface area contributed by atoms with Gasteiger partial charge in [-0.15, -0.1) is 0 Å². The van der Waals surface area contributed by atoms with E-state index in [1.807, 2.05) is 31.2 Å². The van der Waals surface area contributed by atoms with Crippen molar-refractivity contribution in [1.29, 1.82) is 0 Å². The SMILES string of the molecule is C=C(C)[C@@H]1CCC(C)=CC1c1c(O)cc(CCCCC)cc1O.CCCCCc1cc(O)c2c(c1)OC(C)(C)[C@@H]1CCC(C)=C[C@@H]21.CCCCCc1cc(O)c2c(c1)OC(C)(C)c1ccc(C)cc1-2. The van der Waals surface area contributed by atoms with Crippen molar-refractivity contribution < 1.29 is 29.9 Å². The molecular formula is C63H86O6. The minimum atomic E-state index is -0.384. The summed E-state index contributed by atoms with van der Waals surface area (Å²) >= 11 is 0. The van der Waals surface area contributed by atoms with Gasteiger partial charge in [-0.2, -0.15) is 0 Å². The van der Waals surface area contributed by atoms with Gasteiger partial charge in [0.1, 0.15) is 45.7 Å². The van der Waals surface area contributed by atoms with E-state index in [4.69, 9.17) is 9.47 Å². The van der Waals surface area contributed by atoms with E-state index in [0.29, 0.717) is 23.0 Å². The predicted molar refractivity (Wildman–Crippen MR) is 287 cm³/mol. The highest BCUT2D eigenvalue weighted by molar-refractivity contribution is 5.82. The van der Waals surface area contributed by atoms with Crippen LogP contribution in [0.3, 0.4) is 0 Å². The summed E-state index contributed by atoms with van der Waals surface area (Å²) < 4.78 is 12.6. The first-order valence-corrected chi connectivity index (χ1v) is 26.5. The second kappa shape index (κ2) is 23.2. The monoisotopic (exact) mass is 939 g/mol. The molecule has 0 saturated carbocycles. The minimum absolute atomic E-state index is 0.0194. The zero-order valence-electron chi connectivity index (χ0n) is 44.3. The lowest BCUT2D eigenvalue weighted by Crippen LogP contribution is -2.45. The number of phenols is 4. The van der Waals surface area contributed by atoms with Crippen LogP contribution in [0.15, 0.2) is 90.0 Å². The summed E-state index contributed by atoms with van der Waals surface area (Å²) in [5, 5.41) is 42.4. The smallest absolute Gasteiger partial charge is 0.132 e. The van der Waals surface area contributed by atoms with E-state index in [1.54, 1.807) is 0 Å². The Hall–Kier alpha value is -5.10. The minimum Gasteiger partial charge on any atom is -0.507 e. The molecule has 4 aromatic carbocycles. The van der Waals surface area contributed by atoms with E-state index < -0.39 is 0 Å². The lowest BCUT2D eigenvalue weighted by molar-refractivity contribution is 0.0107. The summed E-state index contributed by atoms with van der Waals surface area (Å²) in [6, 6.07) is 18.2. The van der Waals surface area contributed by atoms with Gasteiger partial charge in [-0.1, -0.05) is 119 Å². The Labute approximate surface area is 416 Å². The Morgan fingerprint density at radius 1 is 0.594 bits per heavy atom. The summed E-state index contributed by atoms with van der Waals surface area (Å²) in [5.74, 6) is 3.92. The van der Waals surface area contributed by atoms with Crippen molar-refractivity contribution in [2.45, 2.75) is 202 Å². The van der Waals surface area contributed by atoms with Gasteiger partial charge in [0.2, 0.25) is 0 Å². The van der Waals surface area contributed by atoms with Gasteiger partial charge in [-0.3, -0.25) is 0 Å². The van der Waals surface area contributed by atoms with E-state index in [9.17, 15) is 20.4 Å². The summed E-state index contributed by atoms with van der Waals surface area (Å²) in [7, 11) is 0. The number of aryl methyl sites for hydroxylation is 4. The molecule has 69 heavy (non-hydrogen) atoms. The predicted octanol–water partition coefficient (Wildman–Crippen LogP) is 17.3. The lowest BCUT2D eigenvalue weighted by atomic mass is 9.68. The van der Waals surface area contributed by atoms with Crippen LogP contribution in [-0.2, 0) is 24.9 Å². The third-order valence-electron chi connectivity index (χ3n) is 15.2. The standard InChI is InChI=1S/C21H30O2.C21H26O2.C21H30O2/c2*1-5-6-7-8-15-12-18(22)20-16-11-14(2)9-10-17(16)21(3,4)23-19(20)13-15;1-5-6-7-8-16-12-19(22)21(20(23)13-16)18-11-15(4)9-10-17(18)14(2)3/h11-13,16-17,22H,5-10H2,1-4H3;9-13,22H,5-8H2,1-4H3;11-13,17-18,22-23H,2,5-10H2,1,3-4H3/t16-,17-;;17-,18?/m1.0/s1. The van der Waals surface area contributed by atoms with Gasteiger partial charge in [0, 0.05) is 34.4 Å². The van der Waals surface area contributed by atoms with Crippen molar-refractivity contribution >= 4 is 0 Å². The van der Waals surface area contributed by atoms with Crippen molar-refractivity contribution in [1.82, 2.24) is 0 Å². The molecule has 4 aromatic rings. The fourth-order valence-electron chi connectivity index (χ4n) is 11.4. The zero-order chi connectivity index (χ0) is 50.2. The van der Waals surface area contributed by atoms with Gasteiger partial charge in [-0.05, 0) is 184 Å². The maximum absolute atomic E-state index is 10.7. The molecule has 0 bridgehead atoms. The topological polar surface area (TPSA) is 99.4 Å². The normalized spacial score (nSPS) is 20.3. The van der Waals surface area contributed by atoms with E-state index >= 15 is 0 Å². The molecule has 1 unspecified atom stereocenters. The van der Waals surface area contributed by atoms with Crippen LogP contribution in [0.2, 0.25) is 0 Å². The number of phenolic OH excluding ortho intramolecular Hbond substituents is 4. The second-order valence-corrected chi connectivity index (χ2v) is 22.0. The molecule has 0 amide bonds. The molecule has 2 aliphatic carbocycles. The van der Waals surface area contributed by atoms with Crippen LogP contribution in [0.25, 0.3) is 11.1 Å². The van der Waals surface area contributed by atoms with Crippen LogP contribution in [0, 0.1) is 18.8 Å². The number of hydrogen-bond acceptors (Lipinski definition) is 6. The van der Waals surface area contributed by atoms with E-state index in [0.717, 1.165) is 108 Å². The van der Waals surface area contributed by atoms with Gasteiger partial charge >= 0.3 is 0 Å². The molecule has 0 aromatic heterocycles. The van der Waals surface area contributed by atoms with Crippen molar-refractivity contribution in [2.75, 3.05) is 0 Å².